The first kappa shape index (κ1) is 31.5. The first-order valence-corrected chi connectivity index (χ1v) is 16.1. The highest BCUT2D eigenvalue weighted by molar-refractivity contribution is 7.80. The van der Waals surface area contributed by atoms with Gasteiger partial charge in [0.2, 0.25) is 0 Å². The zero-order valence-electron chi connectivity index (χ0n) is 24.5. The minimum Gasteiger partial charge on any atom is -0.479 e. The van der Waals surface area contributed by atoms with Gasteiger partial charge in [0, 0.05) is 27.0 Å². The zero-order valence-corrected chi connectivity index (χ0v) is 26.3. The number of ether oxygens (including phenoxy) is 3. The monoisotopic (exact) mass is 567 g/mol. The maximum absolute atomic E-state index is 7.31. The molecule has 1 aliphatic heterocycles. The van der Waals surface area contributed by atoms with Crippen LogP contribution in [0.25, 0.3) is 0 Å². The van der Waals surface area contributed by atoms with Crippen LogP contribution in [0.3, 0.4) is 0 Å². The van der Waals surface area contributed by atoms with Crippen molar-refractivity contribution in [2.75, 3.05) is 26.8 Å². The lowest BCUT2D eigenvalue weighted by atomic mass is 9.91. The van der Waals surface area contributed by atoms with Gasteiger partial charge in [0.25, 0.3) is 8.32 Å². The lowest BCUT2D eigenvalue weighted by molar-refractivity contribution is -0.113. The maximum Gasteiger partial charge on any atom is 0.261 e. The molecule has 0 unspecified atom stereocenters. The molecule has 3 rings (SSSR count). The summed E-state index contributed by atoms with van der Waals surface area (Å²) in [6, 6.07) is 21.1. The van der Waals surface area contributed by atoms with Crippen LogP contribution >= 0.6 is 12.2 Å². The van der Waals surface area contributed by atoms with Crippen LogP contribution in [0.2, 0.25) is 5.04 Å². The molecule has 0 spiro atoms. The van der Waals surface area contributed by atoms with Crippen molar-refractivity contribution in [1.82, 2.24) is 5.32 Å². The summed E-state index contributed by atoms with van der Waals surface area (Å²) in [7, 11) is -1.16. The van der Waals surface area contributed by atoms with Crippen LogP contribution in [-0.4, -0.2) is 64.1 Å². The van der Waals surface area contributed by atoms with E-state index in [2.05, 4.69) is 94.4 Å². The smallest absolute Gasteiger partial charge is 0.261 e. The average Bonchev–Trinajstić information content (AvgIpc) is 3.16. The third-order valence-corrected chi connectivity index (χ3v) is 12.5. The van der Waals surface area contributed by atoms with Crippen LogP contribution < -0.4 is 15.7 Å². The van der Waals surface area contributed by atoms with Crippen molar-refractivity contribution >= 4 is 36.0 Å². The van der Waals surface area contributed by atoms with Crippen molar-refractivity contribution in [1.29, 1.82) is 0 Å². The molecule has 0 aliphatic carbocycles. The minimum absolute atomic E-state index is 0.187. The molecule has 39 heavy (non-hydrogen) atoms. The summed E-state index contributed by atoms with van der Waals surface area (Å²) in [5.74, 6) is 3.36. The summed E-state index contributed by atoms with van der Waals surface area (Å²) in [6.07, 6.45) is 5.12. The molecule has 4 atom stereocenters. The number of methoxy groups -OCH3 is 1. The Bertz CT molecular complexity index is 1060. The normalized spacial score (nSPS) is 23.5. The summed E-state index contributed by atoms with van der Waals surface area (Å²) in [5.41, 5.74) is -0.907. The van der Waals surface area contributed by atoms with Crippen LogP contribution in [0, 0.1) is 18.3 Å². The second-order valence-corrected chi connectivity index (χ2v) is 16.7. The molecule has 0 bridgehead atoms. The Balaban J connectivity index is 2.08. The predicted molar refractivity (Wildman–Crippen MR) is 166 cm³/mol. The Hall–Kier alpha value is -2.05. The molecule has 2 aromatic rings. The van der Waals surface area contributed by atoms with Gasteiger partial charge in [0.1, 0.15) is 17.8 Å². The van der Waals surface area contributed by atoms with E-state index in [1.54, 1.807) is 14.0 Å². The highest BCUT2D eigenvalue weighted by atomic mass is 32.1. The van der Waals surface area contributed by atoms with Gasteiger partial charge in [-0.1, -0.05) is 95.3 Å². The van der Waals surface area contributed by atoms with E-state index >= 15 is 0 Å². The molecule has 1 aliphatic rings. The van der Waals surface area contributed by atoms with Crippen LogP contribution in [0.4, 0.5) is 0 Å². The van der Waals surface area contributed by atoms with Gasteiger partial charge in [-0.25, -0.2) is 0 Å². The molecule has 1 fully saturated rings. The molecule has 212 valence electrons. The lowest BCUT2D eigenvalue weighted by Gasteiger charge is -2.45. The van der Waals surface area contributed by atoms with E-state index < -0.39 is 26.1 Å². The van der Waals surface area contributed by atoms with Crippen molar-refractivity contribution in [3.05, 3.63) is 60.7 Å². The van der Waals surface area contributed by atoms with Crippen LogP contribution in [0.15, 0.2) is 60.7 Å². The Kier molecular flexibility index (Phi) is 10.9. The molecule has 1 N–H and O–H groups in total. The Morgan fingerprint density at radius 2 is 1.67 bits per heavy atom. The SMILES string of the molecule is C#CC[C@]1(CO[Si](c2ccccc2)(c2ccccc2)C(C)(C)C)O[C@@H](CNCC(C)C)[C@H](OC(C)=S)[C@@H]1OC. The Morgan fingerprint density at radius 1 is 1.10 bits per heavy atom. The number of hydrogen-bond donors (Lipinski definition) is 1. The lowest BCUT2D eigenvalue weighted by Crippen LogP contribution is -2.68. The van der Waals surface area contributed by atoms with Crippen molar-refractivity contribution in [3.63, 3.8) is 0 Å². The summed E-state index contributed by atoms with van der Waals surface area (Å²) in [5, 5.41) is 6.17. The van der Waals surface area contributed by atoms with E-state index in [0.717, 1.165) is 6.54 Å². The number of thiocarbonyl (C=S) groups is 1. The van der Waals surface area contributed by atoms with Crippen molar-refractivity contribution in [2.45, 2.75) is 76.9 Å². The van der Waals surface area contributed by atoms with Crippen LogP contribution in [0.1, 0.15) is 48.0 Å². The summed E-state index contributed by atoms with van der Waals surface area (Å²) in [6.45, 7) is 14.6. The quantitative estimate of drug-likeness (QED) is 0.228. The molecule has 7 heteroatoms. The third kappa shape index (κ3) is 7.00. The molecular weight excluding hydrogens is 523 g/mol. The summed E-state index contributed by atoms with van der Waals surface area (Å²) in [4.78, 5) is 0. The van der Waals surface area contributed by atoms with E-state index in [-0.39, 0.29) is 17.7 Å². The number of terminal acetylenes is 1. The number of benzene rings is 2. The highest BCUT2D eigenvalue weighted by Gasteiger charge is 2.59. The van der Waals surface area contributed by atoms with Gasteiger partial charge in [0.15, 0.2) is 11.2 Å². The standard InChI is InChI=1S/C32H45NO4SSi/c1-9-20-32(30(34-8)29(36-25(4)38)28(37-32)22-33-21-24(2)3)23-35-39(31(5,6)7,26-16-12-10-13-17-26)27-18-14-11-15-19-27/h1,10-19,24,28-30,33H,20-23H2,2-8H3/t28-,29-,30-,32+/m0/s1. The Labute approximate surface area is 242 Å². The van der Waals surface area contributed by atoms with Crippen LogP contribution in [-0.2, 0) is 18.6 Å². The van der Waals surface area contributed by atoms with Gasteiger partial charge < -0.3 is 24.0 Å². The summed E-state index contributed by atoms with van der Waals surface area (Å²) >= 11 is 5.36. The molecule has 0 saturated carbocycles. The topological polar surface area (TPSA) is 49.0 Å². The predicted octanol–water partition coefficient (Wildman–Crippen LogP) is 4.72. The highest BCUT2D eigenvalue weighted by Crippen LogP contribution is 2.42. The summed E-state index contributed by atoms with van der Waals surface area (Å²) < 4.78 is 26.5. The van der Waals surface area contributed by atoms with Gasteiger partial charge in [-0.05, 0) is 40.1 Å². The molecule has 1 saturated heterocycles. The largest absolute Gasteiger partial charge is 0.479 e. The van der Waals surface area contributed by atoms with Gasteiger partial charge in [-0.2, -0.15) is 0 Å². The first-order chi connectivity index (χ1) is 18.5. The minimum atomic E-state index is -2.84. The van der Waals surface area contributed by atoms with Gasteiger partial charge in [-0.15, -0.1) is 12.3 Å². The molecule has 1 heterocycles. The maximum atomic E-state index is 7.31. The van der Waals surface area contributed by atoms with Gasteiger partial charge >= 0.3 is 0 Å². The fourth-order valence-corrected chi connectivity index (χ4v) is 10.5. The van der Waals surface area contributed by atoms with Crippen molar-refractivity contribution in [2.24, 2.45) is 5.92 Å². The number of nitrogens with one attached hydrogen (secondary N) is 1. The van der Waals surface area contributed by atoms with E-state index in [1.165, 1.54) is 10.4 Å². The molecule has 5 nitrogen and oxygen atoms in total. The number of rotatable bonds is 12. The third-order valence-electron chi connectivity index (χ3n) is 7.37. The van der Waals surface area contributed by atoms with E-state index in [1.807, 2.05) is 12.1 Å². The molecular formula is C32H45NO4SSi. The fourth-order valence-electron chi connectivity index (χ4n) is 5.75. The van der Waals surface area contributed by atoms with Crippen molar-refractivity contribution < 1.29 is 18.6 Å². The first-order valence-electron chi connectivity index (χ1n) is 13.8. The molecule has 0 amide bonds. The van der Waals surface area contributed by atoms with Crippen LogP contribution in [0.5, 0.6) is 0 Å². The van der Waals surface area contributed by atoms with E-state index in [0.29, 0.717) is 23.9 Å². The average molecular weight is 568 g/mol. The van der Waals surface area contributed by atoms with E-state index in [4.69, 9.17) is 37.3 Å². The van der Waals surface area contributed by atoms with Crippen molar-refractivity contribution in [3.8, 4) is 12.3 Å². The number of hydrogen-bond acceptors (Lipinski definition) is 6. The molecule has 0 radical (unpaired) electrons. The second-order valence-electron chi connectivity index (χ2n) is 11.8. The Morgan fingerprint density at radius 3 is 2.10 bits per heavy atom. The zero-order chi connectivity index (χ0) is 28.7. The fraction of sp³-hybridized carbons (Fsp3) is 0.531. The van der Waals surface area contributed by atoms with E-state index in [9.17, 15) is 0 Å². The van der Waals surface area contributed by atoms with Gasteiger partial charge in [0.05, 0.1) is 6.61 Å². The van der Waals surface area contributed by atoms with Gasteiger partial charge in [-0.3, -0.25) is 0 Å². The molecule has 0 aromatic heterocycles. The second kappa shape index (κ2) is 13.5. The molecule has 2 aromatic carbocycles.